The Kier molecular flexibility index (Phi) is 4.97. The average Bonchev–Trinajstić information content (AvgIpc) is 2.53. The number of halogens is 1. The number of phenols is 1. The lowest BCUT2D eigenvalue weighted by atomic mass is 10.1. The fourth-order valence-electron chi connectivity index (χ4n) is 1.85. The van der Waals surface area contributed by atoms with E-state index in [0.29, 0.717) is 26.9 Å². The van der Waals surface area contributed by atoms with Crippen LogP contribution in [0.4, 0.5) is 0 Å². The molecular formula is C17H12BrNO3. The van der Waals surface area contributed by atoms with Gasteiger partial charge in [0.05, 0.1) is 18.7 Å². The van der Waals surface area contributed by atoms with Gasteiger partial charge in [0, 0.05) is 10.0 Å². The number of nitrogens with zero attached hydrogens (tertiary/aromatic N) is 1. The molecular weight excluding hydrogens is 346 g/mol. The molecule has 2 aromatic carbocycles. The molecule has 0 amide bonds. The molecule has 0 aromatic heterocycles. The van der Waals surface area contributed by atoms with E-state index in [1.54, 1.807) is 36.4 Å². The highest BCUT2D eigenvalue weighted by molar-refractivity contribution is 9.10. The molecule has 4 nitrogen and oxygen atoms in total. The molecule has 0 unspecified atom stereocenters. The summed E-state index contributed by atoms with van der Waals surface area (Å²) in [4.78, 5) is 12.1. The smallest absolute Gasteiger partial charge is 0.185 e. The van der Waals surface area contributed by atoms with Gasteiger partial charge in [-0.2, -0.15) is 5.26 Å². The number of hydrogen-bond donors (Lipinski definition) is 1. The molecule has 0 saturated heterocycles. The van der Waals surface area contributed by atoms with Gasteiger partial charge in [0.25, 0.3) is 0 Å². The number of aromatic hydroxyl groups is 1. The predicted molar refractivity (Wildman–Crippen MR) is 86.9 cm³/mol. The molecule has 5 heteroatoms. The minimum Gasteiger partial charge on any atom is -0.504 e. The lowest BCUT2D eigenvalue weighted by molar-refractivity contribution is 0.104. The Morgan fingerprint density at radius 3 is 2.82 bits per heavy atom. The number of methoxy groups -OCH3 is 1. The molecule has 0 bridgehead atoms. The van der Waals surface area contributed by atoms with Crippen LogP contribution >= 0.6 is 15.9 Å². The van der Waals surface area contributed by atoms with E-state index in [9.17, 15) is 9.90 Å². The zero-order valence-corrected chi connectivity index (χ0v) is 13.3. The van der Waals surface area contributed by atoms with Crippen LogP contribution in [-0.2, 0) is 0 Å². The summed E-state index contributed by atoms with van der Waals surface area (Å²) >= 11 is 3.32. The van der Waals surface area contributed by atoms with Crippen LogP contribution in [0.3, 0.4) is 0 Å². The summed E-state index contributed by atoms with van der Waals surface area (Å²) in [5.41, 5.74) is 1.57. The molecule has 0 heterocycles. The Labute approximate surface area is 136 Å². The molecule has 0 aliphatic rings. The number of carbonyl (C=O) groups excluding carboxylic acids is 1. The molecule has 22 heavy (non-hydrogen) atoms. The van der Waals surface area contributed by atoms with E-state index in [0.717, 1.165) is 0 Å². The van der Waals surface area contributed by atoms with E-state index in [2.05, 4.69) is 15.9 Å². The second kappa shape index (κ2) is 6.92. The van der Waals surface area contributed by atoms with E-state index in [-0.39, 0.29) is 11.5 Å². The normalized spacial score (nSPS) is 10.4. The van der Waals surface area contributed by atoms with Crippen molar-refractivity contribution in [1.29, 1.82) is 5.26 Å². The highest BCUT2D eigenvalue weighted by atomic mass is 79.9. The van der Waals surface area contributed by atoms with Crippen LogP contribution in [0.1, 0.15) is 21.5 Å². The van der Waals surface area contributed by atoms with Crippen LogP contribution < -0.4 is 4.74 Å². The maximum absolute atomic E-state index is 12.1. The lowest BCUT2D eigenvalue weighted by Gasteiger charge is -2.06. The summed E-state index contributed by atoms with van der Waals surface area (Å²) in [7, 11) is 1.45. The van der Waals surface area contributed by atoms with Gasteiger partial charge in [-0.3, -0.25) is 4.79 Å². The molecule has 2 aromatic rings. The summed E-state index contributed by atoms with van der Waals surface area (Å²) < 4.78 is 5.68. The summed E-state index contributed by atoms with van der Waals surface area (Å²) in [5, 5.41) is 18.5. The van der Waals surface area contributed by atoms with Gasteiger partial charge >= 0.3 is 0 Å². The summed E-state index contributed by atoms with van der Waals surface area (Å²) in [6.07, 6.45) is 3.03. The fraction of sp³-hybridized carbons (Fsp3) is 0.0588. The molecule has 0 atom stereocenters. The quantitative estimate of drug-likeness (QED) is 0.664. The van der Waals surface area contributed by atoms with Crippen molar-refractivity contribution in [1.82, 2.24) is 0 Å². The molecule has 1 N–H and O–H groups in total. The molecule has 0 spiro atoms. The number of rotatable bonds is 4. The van der Waals surface area contributed by atoms with Crippen LogP contribution in [-0.4, -0.2) is 18.0 Å². The first-order chi connectivity index (χ1) is 10.5. The number of hydrogen-bond acceptors (Lipinski definition) is 4. The van der Waals surface area contributed by atoms with Gasteiger partial charge in [0.2, 0.25) is 0 Å². The van der Waals surface area contributed by atoms with Crippen molar-refractivity contribution in [2.24, 2.45) is 0 Å². The SMILES string of the molecule is COc1cc(C=CC(=O)c2cccc(C#N)c2)c(Br)cc1O. The topological polar surface area (TPSA) is 70.3 Å². The van der Waals surface area contributed by atoms with E-state index >= 15 is 0 Å². The van der Waals surface area contributed by atoms with E-state index in [4.69, 9.17) is 10.00 Å². The van der Waals surface area contributed by atoms with Gasteiger partial charge < -0.3 is 9.84 Å². The van der Waals surface area contributed by atoms with Gasteiger partial charge in [-0.05, 0) is 42.0 Å². The minimum absolute atomic E-state index is 0.0135. The highest BCUT2D eigenvalue weighted by Gasteiger charge is 2.07. The highest BCUT2D eigenvalue weighted by Crippen LogP contribution is 2.33. The molecule has 0 aliphatic heterocycles. The van der Waals surface area contributed by atoms with Crippen molar-refractivity contribution in [2.75, 3.05) is 7.11 Å². The van der Waals surface area contributed by atoms with Crippen LogP contribution in [0.5, 0.6) is 11.5 Å². The van der Waals surface area contributed by atoms with E-state index < -0.39 is 0 Å². The summed E-state index contributed by atoms with van der Waals surface area (Å²) in [6.45, 7) is 0. The van der Waals surface area contributed by atoms with Crippen molar-refractivity contribution < 1.29 is 14.6 Å². The standard InChI is InChI=1S/C17H12BrNO3/c1-22-17-8-12(14(18)9-16(17)21)5-6-15(20)13-4-2-3-11(7-13)10-19/h2-9,21H,1H3. The molecule has 2 rings (SSSR count). The number of benzene rings is 2. The predicted octanol–water partition coefficient (Wildman–Crippen LogP) is 3.93. The molecule has 0 saturated carbocycles. The fourth-order valence-corrected chi connectivity index (χ4v) is 2.32. The number of ether oxygens (including phenoxy) is 1. The molecule has 110 valence electrons. The van der Waals surface area contributed by atoms with Gasteiger partial charge in [-0.15, -0.1) is 0 Å². The number of nitriles is 1. The third kappa shape index (κ3) is 3.54. The molecule has 0 fully saturated rings. The van der Waals surface area contributed by atoms with Crippen LogP contribution in [0.25, 0.3) is 6.08 Å². The van der Waals surface area contributed by atoms with Crippen molar-refractivity contribution in [2.45, 2.75) is 0 Å². The third-order valence-electron chi connectivity index (χ3n) is 2.99. The monoisotopic (exact) mass is 357 g/mol. The first kappa shape index (κ1) is 15.8. The zero-order valence-electron chi connectivity index (χ0n) is 11.7. The number of ketones is 1. The van der Waals surface area contributed by atoms with Crippen molar-refractivity contribution in [3.8, 4) is 17.6 Å². The van der Waals surface area contributed by atoms with Crippen LogP contribution in [0, 0.1) is 11.3 Å². The summed E-state index contributed by atoms with van der Waals surface area (Å²) in [6, 6.07) is 11.6. The first-order valence-corrected chi connectivity index (χ1v) is 7.13. The van der Waals surface area contributed by atoms with E-state index in [1.807, 2.05) is 6.07 Å². The largest absolute Gasteiger partial charge is 0.504 e. The van der Waals surface area contributed by atoms with Gasteiger partial charge in [0.1, 0.15) is 0 Å². The first-order valence-electron chi connectivity index (χ1n) is 6.34. The van der Waals surface area contributed by atoms with E-state index in [1.165, 1.54) is 19.3 Å². The van der Waals surface area contributed by atoms with Crippen LogP contribution in [0.2, 0.25) is 0 Å². The second-order valence-corrected chi connectivity index (χ2v) is 5.29. The number of carbonyl (C=O) groups is 1. The van der Waals surface area contributed by atoms with Gasteiger partial charge in [0.15, 0.2) is 17.3 Å². The maximum atomic E-state index is 12.1. The summed E-state index contributed by atoms with van der Waals surface area (Å²) in [5.74, 6) is 0.123. The number of phenolic OH excluding ortho intramolecular Hbond substituents is 1. The third-order valence-corrected chi connectivity index (χ3v) is 3.68. The Bertz CT molecular complexity index is 791. The van der Waals surface area contributed by atoms with Crippen molar-refractivity contribution in [3.63, 3.8) is 0 Å². The molecule has 0 radical (unpaired) electrons. The van der Waals surface area contributed by atoms with Crippen molar-refractivity contribution >= 4 is 27.8 Å². The Hall–Kier alpha value is -2.58. The second-order valence-electron chi connectivity index (χ2n) is 4.44. The van der Waals surface area contributed by atoms with Crippen LogP contribution in [0.15, 0.2) is 46.9 Å². The lowest BCUT2D eigenvalue weighted by Crippen LogP contribution is -1.94. The Balaban J connectivity index is 2.28. The van der Waals surface area contributed by atoms with Gasteiger partial charge in [-0.25, -0.2) is 0 Å². The maximum Gasteiger partial charge on any atom is 0.185 e. The zero-order chi connectivity index (χ0) is 16.1. The van der Waals surface area contributed by atoms with Crippen molar-refractivity contribution in [3.05, 3.63) is 63.6 Å². The Morgan fingerprint density at radius 2 is 2.14 bits per heavy atom. The minimum atomic E-state index is -0.212. The van der Waals surface area contributed by atoms with Gasteiger partial charge in [-0.1, -0.05) is 28.1 Å². The average molecular weight is 358 g/mol. The number of allylic oxidation sites excluding steroid dienone is 1. The molecule has 0 aliphatic carbocycles. The Morgan fingerprint density at radius 1 is 1.36 bits per heavy atom.